The first-order chi connectivity index (χ1) is 9.13. The predicted octanol–water partition coefficient (Wildman–Crippen LogP) is 1.33. The highest BCUT2D eigenvalue weighted by Gasteiger charge is 2.20. The Kier molecular flexibility index (Phi) is 3.91. The van der Waals surface area contributed by atoms with Crippen molar-refractivity contribution < 1.29 is 14.3 Å². The first-order valence-electron chi connectivity index (χ1n) is 5.44. The number of nitrogens with one attached hydrogen (secondary N) is 1. The third-order valence-corrected chi connectivity index (χ3v) is 3.40. The van der Waals surface area contributed by atoms with Gasteiger partial charge in [-0.2, -0.15) is 5.10 Å². The molecule has 1 unspecified atom stereocenters. The first kappa shape index (κ1) is 13.2. The highest BCUT2D eigenvalue weighted by molar-refractivity contribution is 7.12. The molecule has 0 saturated heterocycles. The van der Waals surface area contributed by atoms with E-state index in [-0.39, 0.29) is 5.91 Å². The summed E-state index contributed by atoms with van der Waals surface area (Å²) < 4.78 is 6.07. The minimum absolute atomic E-state index is 0.283. The number of esters is 1. The average molecular weight is 280 g/mol. The molecule has 0 aliphatic heterocycles. The zero-order valence-corrected chi connectivity index (χ0v) is 11.2. The molecule has 19 heavy (non-hydrogen) atoms. The van der Waals surface area contributed by atoms with Crippen LogP contribution >= 0.6 is 11.3 Å². The Balaban J connectivity index is 2.11. The predicted molar refractivity (Wildman–Crippen MR) is 69.0 cm³/mol. The summed E-state index contributed by atoms with van der Waals surface area (Å²) in [7, 11) is 1.30. The molecule has 1 atom stereocenters. The SMILES string of the molecule is COC(=O)c1sccc1NC(=O)C(C)n1cncn1. The van der Waals surface area contributed by atoms with Gasteiger partial charge in [-0.25, -0.2) is 14.5 Å². The summed E-state index contributed by atoms with van der Waals surface area (Å²) in [6.45, 7) is 1.69. The number of nitrogens with zero attached hydrogens (tertiary/aromatic N) is 3. The number of anilines is 1. The maximum atomic E-state index is 12.0. The van der Waals surface area contributed by atoms with Crippen LogP contribution in [0.5, 0.6) is 0 Å². The van der Waals surface area contributed by atoms with E-state index >= 15 is 0 Å². The topological polar surface area (TPSA) is 86.1 Å². The van der Waals surface area contributed by atoms with Crippen LogP contribution in [0.25, 0.3) is 0 Å². The zero-order valence-electron chi connectivity index (χ0n) is 10.4. The summed E-state index contributed by atoms with van der Waals surface area (Å²) in [5, 5.41) is 8.28. The second kappa shape index (κ2) is 5.61. The Labute approximate surface area is 113 Å². The summed E-state index contributed by atoms with van der Waals surface area (Å²) in [5.74, 6) is -0.757. The van der Waals surface area contributed by atoms with Crippen LogP contribution in [0.4, 0.5) is 5.69 Å². The van der Waals surface area contributed by atoms with E-state index in [1.54, 1.807) is 18.4 Å². The van der Waals surface area contributed by atoms with Crippen molar-refractivity contribution in [2.45, 2.75) is 13.0 Å². The van der Waals surface area contributed by atoms with Gasteiger partial charge < -0.3 is 10.1 Å². The molecule has 0 aliphatic carbocycles. The summed E-state index contributed by atoms with van der Waals surface area (Å²) in [6.07, 6.45) is 2.81. The molecule has 7 nitrogen and oxygen atoms in total. The molecule has 2 aromatic heterocycles. The van der Waals surface area contributed by atoms with E-state index in [1.807, 2.05) is 0 Å². The summed E-state index contributed by atoms with van der Waals surface area (Å²) in [4.78, 5) is 27.7. The largest absolute Gasteiger partial charge is 0.465 e. The number of carbonyl (C=O) groups excluding carboxylic acids is 2. The van der Waals surface area contributed by atoms with Crippen LogP contribution in [0.2, 0.25) is 0 Å². The second-order valence-corrected chi connectivity index (χ2v) is 4.61. The van der Waals surface area contributed by atoms with E-state index in [0.29, 0.717) is 10.6 Å². The molecule has 2 heterocycles. The lowest BCUT2D eigenvalue weighted by atomic mass is 10.3. The van der Waals surface area contributed by atoms with Gasteiger partial charge in [-0.15, -0.1) is 11.3 Å². The Hall–Kier alpha value is -2.22. The van der Waals surface area contributed by atoms with Crippen molar-refractivity contribution >= 4 is 28.9 Å². The van der Waals surface area contributed by atoms with E-state index in [9.17, 15) is 9.59 Å². The quantitative estimate of drug-likeness (QED) is 0.854. The van der Waals surface area contributed by atoms with Crippen molar-refractivity contribution in [1.82, 2.24) is 14.8 Å². The molecule has 0 saturated carbocycles. The fourth-order valence-electron chi connectivity index (χ4n) is 1.43. The number of thiophene rings is 1. The standard InChI is InChI=1S/C11H12N4O3S/c1-7(15-6-12-5-13-15)10(16)14-8-3-4-19-9(8)11(17)18-2/h3-7H,1-2H3,(H,14,16). The summed E-state index contributed by atoms with van der Waals surface area (Å²) >= 11 is 1.21. The van der Waals surface area contributed by atoms with Gasteiger partial charge in [-0.1, -0.05) is 0 Å². The molecular formula is C11H12N4O3S. The van der Waals surface area contributed by atoms with Gasteiger partial charge >= 0.3 is 5.97 Å². The van der Waals surface area contributed by atoms with Crippen LogP contribution in [0.1, 0.15) is 22.6 Å². The number of carbonyl (C=O) groups is 2. The number of aromatic nitrogens is 3. The Morgan fingerprint density at radius 2 is 2.32 bits per heavy atom. The number of rotatable bonds is 4. The van der Waals surface area contributed by atoms with Gasteiger partial charge in [0.2, 0.25) is 5.91 Å². The van der Waals surface area contributed by atoms with Crippen molar-refractivity contribution in [2.24, 2.45) is 0 Å². The Bertz CT molecular complexity index is 579. The van der Waals surface area contributed by atoms with E-state index in [0.717, 1.165) is 0 Å². The van der Waals surface area contributed by atoms with E-state index in [1.165, 1.54) is 35.8 Å². The fourth-order valence-corrected chi connectivity index (χ4v) is 2.20. The minimum atomic E-state index is -0.520. The van der Waals surface area contributed by atoms with Crippen LogP contribution in [0.3, 0.4) is 0 Å². The second-order valence-electron chi connectivity index (χ2n) is 3.70. The van der Waals surface area contributed by atoms with Gasteiger partial charge in [0.1, 0.15) is 23.6 Å². The highest BCUT2D eigenvalue weighted by Crippen LogP contribution is 2.23. The molecule has 0 aromatic carbocycles. The van der Waals surface area contributed by atoms with E-state index in [4.69, 9.17) is 0 Å². The fraction of sp³-hybridized carbons (Fsp3) is 0.273. The van der Waals surface area contributed by atoms with Gasteiger partial charge in [-0.05, 0) is 18.4 Å². The number of methoxy groups -OCH3 is 1. The van der Waals surface area contributed by atoms with Crippen LogP contribution in [-0.4, -0.2) is 33.8 Å². The van der Waals surface area contributed by atoms with Crippen molar-refractivity contribution in [3.63, 3.8) is 0 Å². The van der Waals surface area contributed by atoms with Crippen molar-refractivity contribution in [1.29, 1.82) is 0 Å². The smallest absolute Gasteiger partial charge is 0.350 e. The summed E-state index contributed by atoms with van der Waals surface area (Å²) in [5.41, 5.74) is 0.439. The zero-order chi connectivity index (χ0) is 13.8. The lowest BCUT2D eigenvalue weighted by Gasteiger charge is -2.11. The van der Waals surface area contributed by atoms with Crippen molar-refractivity contribution in [3.8, 4) is 0 Å². The molecule has 1 N–H and O–H groups in total. The molecule has 8 heteroatoms. The van der Waals surface area contributed by atoms with Gasteiger partial charge in [-0.3, -0.25) is 4.79 Å². The van der Waals surface area contributed by atoms with Crippen molar-refractivity contribution in [3.05, 3.63) is 29.0 Å². The van der Waals surface area contributed by atoms with Gasteiger partial charge in [0.15, 0.2) is 0 Å². The number of hydrogen-bond donors (Lipinski definition) is 1. The van der Waals surface area contributed by atoms with Gasteiger partial charge in [0.05, 0.1) is 12.8 Å². The van der Waals surface area contributed by atoms with Gasteiger partial charge in [0, 0.05) is 0 Å². The van der Waals surface area contributed by atoms with Crippen molar-refractivity contribution in [2.75, 3.05) is 12.4 Å². The summed E-state index contributed by atoms with van der Waals surface area (Å²) in [6, 6.07) is 1.14. The van der Waals surface area contributed by atoms with Crippen LogP contribution < -0.4 is 5.32 Å². The molecule has 1 amide bonds. The first-order valence-corrected chi connectivity index (χ1v) is 6.32. The Morgan fingerprint density at radius 1 is 1.53 bits per heavy atom. The van der Waals surface area contributed by atoms with Crippen LogP contribution in [0, 0.1) is 0 Å². The molecular weight excluding hydrogens is 268 g/mol. The maximum Gasteiger partial charge on any atom is 0.350 e. The number of hydrogen-bond acceptors (Lipinski definition) is 6. The van der Waals surface area contributed by atoms with Gasteiger partial charge in [0.25, 0.3) is 0 Å². The highest BCUT2D eigenvalue weighted by atomic mass is 32.1. The number of amides is 1. The third kappa shape index (κ3) is 2.79. The average Bonchev–Trinajstić information content (AvgIpc) is 3.07. The minimum Gasteiger partial charge on any atom is -0.465 e. The molecule has 2 rings (SSSR count). The monoisotopic (exact) mass is 280 g/mol. The van der Waals surface area contributed by atoms with Crippen LogP contribution in [-0.2, 0) is 9.53 Å². The molecule has 0 bridgehead atoms. The molecule has 0 radical (unpaired) electrons. The molecule has 0 fully saturated rings. The van der Waals surface area contributed by atoms with E-state index in [2.05, 4.69) is 20.1 Å². The molecule has 0 aliphatic rings. The number of ether oxygens (including phenoxy) is 1. The molecule has 100 valence electrons. The van der Waals surface area contributed by atoms with E-state index < -0.39 is 12.0 Å². The molecule has 0 spiro atoms. The lowest BCUT2D eigenvalue weighted by molar-refractivity contribution is -0.119. The third-order valence-electron chi connectivity index (χ3n) is 2.51. The molecule has 2 aromatic rings. The lowest BCUT2D eigenvalue weighted by Crippen LogP contribution is -2.24. The van der Waals surface area contributed by atoms with Crippen LogP contribution in [0.15, 0.2) is 24.1 Å². The maximum absolute atomic E-state index is 12.0. The normalized spacial score (nSPS) is 11.9. The Morgan fingerprint density at radius 3 is 2.95 bits per heavy atom.